The molecule has 1 N–H and O–H groups in total. The second-order valence-electron chi connectivity index (χ2n) is 4.89. The van der Waals surface area contributed by atoms with Crippen molar-refractivity contribution in [3.8, 4) is 5.75 Å². The van der Waals surface area contributed by atoms with Crippen LogP contribution in [0.2, 0.25) is 0 Å². The molecule has 0 aliphatic carbocycles. The van der Waals surface area contributed by atoms with E-state index in [0.717, 1.165) is 34.6 Å². The standard InChI is InChI=1S/C14H19BrO2S/c1-9(2)18-8-13(16)7-11-6-12(15)5-10-3-4-17-14(10)11/h5-6,9,13,16H,3-4,7-8H2,1-2H3. The highest BCUT2D eigenvalue weighted by Crippen LogP contribution is 2.34. The lowest BCUT2D eigenvalue weighted by atomic mass is 10.0. The Morgan fingerprint density at radius 1 is 1.44 bits per heavy atom. The van der Waals surface area contributed by atoms with Crippen molar-refractivity contribution in [1.82, 2.24) is 0 Å². The topological polar surface area (TPSA) is 29.5 Å². The van der Waals surface area contributed by atoms with Gasteiger partial charge < -0.3 is 9.84 Å². The van der Waals surface area contributed by atoms with E-state index in [4.69, 9.17) is 4.74 Å². The van der Waals surface area contributed by atoms with E-state index >= 15 is 0 Å². The molecular formula is C14H19BrO2S. The number of aliphatic hydroxyl groups excluding tert-OH is 1. The third kappa shape index (κ3) is 3.65. The van der Waals surface area contributed by atoms with Gasteiger partial charge in [-0.2, -0.15) is 11.8 Å². The minimum atomic E-state index is -0.306. The van der Waals surface area contributed by atoms with Gasteiger partial charge in [0.05, 0.1) is 12.7 Å². The second kappa shape index (κ2) is 6.31. The summed E-state index contributed by atoms with van der Waals surface area (Å²) in [4.78, 5) is 0. The first kappa shape index (κ1) is 14.2. The van der Waals surface area contributed by atoms with Gasteiger partial charge in [0.15, 0.2) is 0 Å². The van der Waals surface area contributed by atoms with E-state index in [2.05, 4.69) is 41.9 Å². The average Bonchev–Trinajstić information content (AvgIpc) is 2.74. The number of thioether (sulfide) groups is 1. The van der Waals surface area contributed by atoms with Crippen molar-refractivity contribution in [3.05, 3.63) is 27.7 Å². The zero-order valence-corrected chi connectivity index (χ0v) is 13.2. The molecule has 0 saturated carbocycles. The minimum Gasteiger partial charge on any atom is -0.493 e. The molecular weight excluding hydrogens is 312 g/mol. The third-order valence-corrected chi connectivity index (χ3v) is 4.60. The Labute approximate surface area is 121 Å². The highest BCUT2D eigenvalue weighted by atomic mass is 79.9. The number of hydrogen-bond acceptors (Lipinski definition) is 3. The lowest BCUT2D eigenvalue weighted by molar-refractivity contribution is 0.198. The number of ether oxygens (including phenoxy) is 1. The third-order valence-electron chi connectivity index (χ3n) is 2.90. The van der Waals surface area contributed by atoms with Crippen LogP contribution in [0.25, 0.3) is 0 Å². The number of halogens is 1. The van der Waals surface area contributed by atoms with Crippen LogP contribution in [0.4, 0.5) is 0 Å². The molecule has 0 fully saturated rings. The molecule has 2 rings (SSSR count). The molecule has 1 aliphatic rings. The fraction of sp³-hybridized carbons (Fsp3) is 0.571. The largest absolute Gasteiger partial charge is 0.493 e. The van der Waals surface area contributed by atoms with Gasteiger partial charge in [-0.3, -0.25) is 0 Å². The van der Waals surface area contributed by atoms with Gasteiger partial charge in [-0.25, -0.2) is 0 Å². The smallest absolute Gasteiger partial charge is 0.125 e. The number of rotatable bonds is 5. The van der Waals surface area contributed by atoms with Gasteiger partial charge in [0.2, 0.25) is 0 Å². The predicted octanol–water partition coefficient (Wildman–Crippen LogP) is 3.43. The first-order valence-electron chi connectivity index (χ1n) is 6.30. The van der Waals surface area contributed by atoms with Crippen molar-refractivity contribution in [2.45, 2.75) is 38.0 Å². The molecule has 0 radical (unpaired) electrons. The van der Waals surface area contributed by atoms with E-state index in [1.165, 1.54) is 5.56 Å². The molecule has 0 spiro atoms. The summed E-state index contributed by atoms with van der Waals surface area (Å²) >= 11 is 5.32. The molecule has 1 atom stereocenters. The van der Waals surface area contributed by atoms with Crippen LogP contribution in [-0.2, 0) is 12.8 Å². The number of aliphatic hydroxyl groups is 1. The summed E-state index contributed by atoms with van der Waals surface area (Å²) in [6.07, 6.45) is 1.33. The summed E-state index contributed by atoms with van der Waals surface area (Å²) in [5.41, 5.74) is 2.37. The lowest BCUT2D eigenvalue weighted by Crippen LogP contribution is -2.15. The maximum absolute atomic E-state index is 10.1. The van der Waals surface area contributed by atoms with Gasteiger partial charge in [0.1, 0.15) is 5.75 Å². The van der Waals surface area contributed by atoms with Crippen molar-refractivity contribution in [2.75, 3.05) is 12.4 Å². The highest BCUT2D eigenvalue weighted by Gasteiger charge is 2.19. The highest BCUT2D eigenvalue weighted by molar-refractivity contribution is 9.10. The van der Waals surface area contributed by atoms with Crippen molar-refractivity contribution in [1.29, 1.82) is 0 Å². The van der Waals surface area contributed by atoms with Gasteiger partial charge in [0.25, 0.3) is 0 Å². The van der Waals surface area contributed by atoms with Crippen molar-refractivity contribution >= 4 is 27.7 Å². The fourth-order valence-corrected chi connectivity index (χ4v) is 3.39. The fourth-order valence-electron chi connectivity index (χ4n) is 2.11. The zero-order chi connectivity index (χ0) is 13.1. The number of hydrogen-bond donors (Lipinski definition) is 1. The van der Waals surface area contributed by atoms with Gasteiger partial charge in [-0.15, -0.1) is 0 Å². The molecule has 1 heterocycles. The number of benzene rings is 1. The van der Waals surface area contributed by atoms with Crippen LogP contribution in [0.15, 0.2) is 16.6 Å². The normalized spacial score (nSPS) is 15.6. The van der Waals surface area contributed by atoms with E-state index < -0.39 is 0 Å². The van der Waals surface area contributed by atoms with Crippen molar-refractivity contribution < 1.29 is 9.84 Å². The SMILES string of the molecule is CC(C)SCC(O)Cc1cc(Br)cc2c1OCC2. The Morgan fingerprint density at radius 2 is 2.22 bits per heavy atom. The van der Waals surface area contributed by atoms with E-state index in [-0.39, 0.29) is 6.10 Å². The second-order valence-corrected chi connectivity index (χ2v) is 7.42. The Hall–Kier alpha value is -0.190. The Morgan fingerprint density at radius 3 is 2.94 bits per heavy atom. The molecule has 4 heteroatoms. The lowest BCUT2D eigenvalue weighted by Gasteiger charge is -2.14. The quantitative estimate of drug-likeness (QED) is 0.896. The van der Waals surface area contributed by atoms with Crippen molar-refractivity contribution in [3.63, 3.8) is 0 Å². The van der Waals surface area contributed by atoms with Crippen LogP contribution in [-0.4, -0.2) is 28.8 Å². The Balaban J connectivity index is 2.05. The maximum atomic E-state index is 10.1. The molecule has 0 bridgehead atoms. The van der Waals surface area contributed by atoms with E-state index in [0.29, 0.717) is 11.7 Å². The molecule has 18 heavy (non-hydrogen) atoms. The van der Waals surface area contributed by atoms with Crippen LogP contribution < -0.4 is 4.74 Å². The molecule has 100 valence electrons. The molecule has 0 amide bonds. The Kier molecular flexibility index (Phi) is 4.98. The first-order chi connectivity index (χ1) is 8.56. The van der Waals surface area contributed by atoms with Crippen molar-refractivity contribution in [2.24, 2.45) is 0 Å². The van der Waals surface area contributed by atoms with Crippen LogP contribution in [0, 0.1) is 0 Å². The maximum Gasteiger partial charge on any atom is 0.125 e. The van der Waals surface area contributed by atoms with E-state index in [1.807, 2.05) is 0 Å². The van der Waals surface area contributed by atoms with Gasteiger partial charge in [0, 0.05) is 23.1 Å². The first-order valence-corrected chi connectivity index (χ1v) is 8.14. The van der Waals surface area contributed by atoms with E-state index in [1.54, 1.807) is 11.8 Å². The van der Waals surface area contributed by atoms with Crippen LogP contribution >= 0.6 is 27.7 Å². The van der Waals surface area contributed by atoms with E-state index in [9.17, 15) is 5.11 Å². The summed E-state index contributed by atoms with van der Waals surface area (Å²) in [6, 6.07) is 4.18. The summed E-state index contributed by atoms with van der Waals surface area (Å²) in [7, 11) is 0. The van der Waals surface area contributed by atoms with Gasteiger partial charge in [-0.05, 0) is 28.5 Å². The molecule has 0 aromatic heterocycles. The molecule has 1 aromatic carbocycles. The van der Waals surface area contributed by atoms with Crippen LogP contribution in [0.3, 0.4) is 0 Å². The van der Waals surface area contributed by atoms with Crippen LogP contribution in [0.1, 0.15) is 25.0 Å². The summed E-state index contributed by atoms with van der Waals surface area (Å²) in [6.45, 7) is 5.06. The Bertz CT molecular complexity index is 421. The number of fused-ring (bicyclic) bond motifs is 1. The monoisotopic (exact) mass is 330 g/mol. The predicted molar refractivity (Wildman–Crippen MR) is 80.6 cm³/mol. The summed E-state index contributed by atoms with van der Waals surface area (Å²) < 4.78 is 6.75. The molecule has 0 saturated heterocycles. The molecule has 2 nitrogen and oxygen atoms in total. The van der Waals surface area contributed by atoms with Gasteiger partial charge >= 0.3 is 0 Å². The molecule has 1 aromatic rings. The van der Waals surface area contributed by atoms with Crippen LogP contribution in [0.5, 0.6) is 5.75 Å². The summed E-state index contributed by atoms with van der Waals surface area (Å²) in [5.74, 6) is 1.77. The average molecular weight is 331 g/mol. The minimum absolute atomic E-state index is 0.306. The van der Waals surface area contributed by atoms with Gasteiger partial charge in [-0.1, -0.05) is 29.8 Å². The summed E-state index contributed by atoms with van der Waals surface area (Å²) in [5, 5.41) is 10.6. The molecule has 1 unspecified atom stereocenters. The molecule has 1 aliphatic heterocycles. The zero-order valence-electron chi connectivity index (χ0n) is 10.8.